The zero-order valence-electron chi connectivity index (χ0n) is 14.4. The molecule has 6 nitrogen and oxygen atoms in total. The SMILES string of the molecule is NC1C2CCCC1CC(C(=O)NCc1nnc3n1CCCCC3)C2. The van der Waals surface area contributed by atoms with Crippen molar-refractivity contribution in [2.75, 3.05) is 0 Å². The first-order chi connectivity index (χ1) is 11.7. The molecule has 24 heavy (non-hydrogen) atoms. The molecule has 2 saturated carbocycles. The van der Waals surface area contributed by atoms with Crippen molar-refractivity contribution in [3.05, 3.63) is 11.6 Å². The van der Waals surface area contributed by atoms with E-state index in [4.69, 9.17) is 5.73 Å². The van der Waals surface area contributed by atoms with Gasteiger partial charge in [0.25, 0.3) is 0 Å². The quantitative estimate of drug-likeness (QED) is 0.884. The summed E-state index contributed by atoms with van der Waals surface area (Å²) in [7, 11) is 0. The Morgan fingerprint density at radius 2 is 1.92 bits per heavy atom. The van der Waals surface area contributed by atoms with Gasteiger partial charge in [-0.25, -0.2) is 0 Å². The summed E-state index contributed by atoms with van der Waals surface area (Å²) in [6.07, 6.45) is 10.2. The highest BCUT2D eigenvalue weighted by Crippen LogP contribution is 2.41. The molecule has 3 aliphatic rings. The molecule has 6 heteroatoms. The van der Waals surface area contributed by atoms with Crippen molar-refractivity contribution in [3.8, 4) is 0 Å². The minimum absolute atomic E-state index is 0.131. The van der Waals surface area contributed by atoms with E-state index in [0.717, 1.165) is 37.5 Å². The molecule has 1 amide bonds. The Kier molecular flexibility index (Phi) is 4.57. The van der Waals surface area contributed by atoms with Gasteiger partial charge < -0.3 is 15.6 Å². The average molecular weight is 331 g/mol. The summed E-state index contributed by atoms with van der Waals surface area (Å²) in [6, 6.07) is 0.315. The summed E-state index contributed by atoms with van der Waals surface area (Å²) in [5.74, 6) is 3.38. The fourth-order valence-electron chi connectivity index (χ4n) is 4.99. The third kappa shape index (κ3) is 3.08. The molecule has 0 saturated heterocycles. The van der Waals surface area contributed by atoms with Crippen LogP contribution in [-0.2, 0) is 24.3 Å². The summed E-state index contributed by atoms with van der Waals surface area (Å²) < 4.78 is 2.21. The van der Waals surface area contributed by atoms with Crippen LogP contribution in [0.15, 0.2) is 0 Å². The van der Waals surface area contributed by atoms with Gasteiger partial charge in [0.2, 0.25) is 5.91 Å². The van der Waals surface area contributed by atoms with E-state index in [9.17, 15) is 4.79 Å². The molecular weight excluding hydrogens is 302 g/mol. The largest absolute Gasteiger partial charge is 0.349 e. The predicted octanol–water partition coefficient (Wildman–Crippen LogP) is 1.77. The second kappa shape index (κ2) is 6.82. The summed E-state index contributed by atoms with van der Waals surface area (Å²) in [6.45, 7) is 1.49. The number of nitrogens with one attached hydrogen (secondary N) is 1. The van der Waals surface area contributed by atoms with E-state index in [1.54, 1.807) is 0 Å². The average Bonchev–Trinajstić information content (AvgIpc) is 2.79. The third-order valence-electron chi connectivity index (χ3n) is 6.39. The number of hydrogen-bond donors (Lipinski definition) is 2. The Labute approximate surface area is 143 Å². The third-order valence-corrected chi connectivity index (χ3v) is 6.39. The topological polar surface area (TPSA) is 85.8 Å². The van der Waals surface area contributed by atoms with Crippen LogP contribution in [0.3, 0.4) is 0 Å². The molecular formula is C18H29N5O. The maximum atomic E-state index is 12.7. The fourth-order valence-corrected chi connectivity index (χ4v) is 4.99. The van der Waals surface area contributed by atoms with Crippen LogP contribution in [-0.4, -0.2) is 26.7 Å². The molecule has 3 N–H and O–H groups in total. The number of nitrogens with zero attached hydrogens (tertiary/aromatic N) is 3. The zero-order valence-corrected chi connectivity index (χ0v) is 14.4. The molecule has 2 fully saturated rings. The van der Waals surface area contributed by atoms with Gasteiger partial charge in [-0.3, -0.25) is 4.79 Å². The van der Waals surface area contributed by atoms with Crippen molar-refractivity contribution in [1.29, 1.82) is 0 Å². The summed E-state index contributed by atoms with van der Waals surface area (Å²) >= 11 is 0. The van der Waals surface area contributed by atoms with E-state index in [1.807, 2.05) is 0 Å². The van der Waals surface area contributed by atoms with Crippen LogP contribution >= 0.6 is 0 Å². The van der Waals surface area contributed by atoms with Crippen LogP contribution in [0.2, 0.25) is 0 Å². The van der Waals surface area contributed by atoms with Crippen LogP contribution in [0.4, 0.5) is 0 Å². The molecule has 0 spiro atoms. The molecule has 1 aliphatic heterocycles. The molecule has 4 rings (SSSR count). The highest BCUT2D eigenvalue weighted by Gasteiger charge is 2.40. The van der Waals surface area contributed by atoms with Crippen molar-refractivity contribution in [2.45, 2.75) is 76.9 Å². The molecule has 2 heterocycles. The molecule has 2 unspecified atom stereocenters. The van der Waals surface area contributed by atoms with Gasteiger partial charge in [0, 0.05) is 24.9 Å². The van der Waals surface area contributed by atoms with Crippen LogP contribution in [0.25, 0.3) is 0 Å². The highest BCUT2D eigenvalue weighted by atomic mass is 16.1. The Balaban J connectivity index is 1.36. The Hall–Kier alpha value is -1.43. The van der Waals surface area contributed by atoms with Gasteiger partial charge in [-0.2, -0.15) is 0 Å². The first kappa shape index (κ1) is 16.1. The number of fused-ring (bicyclic) bond motifs is 3. The van der Waals surface area contributed by atoms with Gasteiger partial charge in [-0.05, 0) is 50.4 Å². The van der Waals surface area contributed by atoms with E-state index >= 15 is 0 Å². The predicted molar refractivity (Wildman–Crippen MR) is 91.0 cm³/mol. The molecule has 132 valence electrons. The zero-order chi connectivity index (χ0) is 16.5. The van der Waals surface area contributed by atoms with Crippen molar-refractivity contribution in [2.24, 2.45) is 23.5 Å². The lowest BCUT2D eigenvalue weighted by Crippen LogP contribution is -2.49. The van der Waals surface area contributed by atoms with E-state index < -0.39 is 0 Å². The van der Waals surface area contributed by atoms with E-state index in [1.165, 1.54) is 38.5 Å². The van der Waals surface area contributed by atoms with Crippen molar-refractivity contribution < 1.29 is 4.79 Å². The van der Waals surface area contributed by atoms with Gasteiger partial charge in [0.05, 0.1) is 6.54 Å². The summed E-state index contributed by atoms with van der Waals surface area (Å²) in [4.78, 5) is 12.7. The number of amides is 1. The Morgan fingerprint density at radius 3 is 2.71 bits per heavy atom. The number of rotatable bonds is 3. The lowest BCUT2D eigenvalue weighted by molar-refractivity contribution is -0.128. The van der Waals surface area contributed by atoms with Crippen LogP contribution < -0.4 is 11.1 Å². The van der Waals surface area contributed by atoms with Crippen LogP contribution in [0.1, 0.15) is 63.0 Å². The lowest BCUT2D eigenvalue weighted by atomic mass is 9.65. The summed E-state index contributed by atoms with van der Waals surface area (Å²) in [5.41, 5.74) is 6.34. The smallest absolute Gasteiger partial charge is 0.223 e. The normalized spacial score (nSPS) is 32.7. The maximum Gasteiger partial charge on any atom is 0.223 e. The standard InChI is InChI=1S/C18H29N5O/c19-17-12-5-4-6-13(17)10-14(9-12)18(24)20-11-16-22-21-15-7-2-1-3-8-23(15)16/h12-14,17H,1-11,19H2,(H,20,24). The molecule has 2 bridgehead atoms. The van der Waals surface area contributed by atoms with E-state index in [-0.39, 0.29) is 11.8 Å². The van der Waals surface area contributed by atoms with E-state index in [0.29, 0.717) is 24.4 Å². The number of nitrogens with two attached hydrogens (primary N) is 1. The second-order valence-corrected chi connectivity index (χ2v) is 7.91. The van der Waals surface area contributed by atoms with Crippen molar-refractivity contribution in [3.63, 3.8) is 0 Å². The lowest BCUT2D eigenvalue weighted by Gasteiger charge is -2.43. The Morgan fingerprint density at radius 1 is 1.12 bits per heavy atom. The molecule has 2 atom stereocenters. The van der Waals surface area contributed by atoms with Gasteiger partial charge in [0.1, 0.15) is 5.82 Å². The minimum atomic E-state index is 0.131. The van der Waals surface area contributed by atoms with Crippen molar-refractivity contribution in [1.82, 2.24) is 20.1 Å². The first-order valence-electron chi connectivity index (χ1n) is 9.66. The highest BCUT2D eigenvalue weighted by molar-refractivity contribution is 5.78. The number of carbonyl (C=O) groups excluding carboxylic acids is 1. The number of aromatic nitrogens is 3. The fraction of sp³-hybridized carbons (Fsp3) is 0.833. The van der Waals surface area contributed by atoms with Gasteiger partial charge in [-0.1, -0.05) is 12.8 Å². The summed E-state index contributed by atoms with van der Waals surface area (Å²) in [5, 5.41) is 11.7. The monoisotopic (exact) mass is 331 g/mol. The first-order valence-corrected chi connectivity index (χ1v) is 9.66. The second-order valence-electron chi connectivity index (χ2n) is 7.91. The maximum absolute atomic E-state index is 12.7. The molecule has 0 radical (unpaired) electrons. The van der Waals surface area contributed by atoms with Gasteiger partial charge >= 0.3 is 0 Å². The van der Waals surface area contributed by atoms with E-state index in [2.05, 4.69) is 20.1 Å². The molecule has 0 aromatic carbocycles. The Bertz CT molecular complexity index is 584. The molecule has 2 aliphatic carbocycles. The van der Waals surface area contributed by atoms with Crippen LogP contribution in [0, 0.1) is 17.8 Å². The molecule has 1 aromatic heterocycles. The minimum Gasteiger partial charge on any atom is -0.349 e. The number of carbonyl (C=O) groups is 1. The number of aryl methyl sites for hydroxylation is 1. The van der Waals surface area contributed by atoms with Crippen LogP contribution in [0.5, 0.6) is 0 Å². The van der Waals surface area contributed by atoms with Gasteiger partial charge in [0.15, 0.2) is 5.82 Å². The molecule has 1 aromatic rings. The van der Waals surface area contributed by atoms with Crippen molar-refractivity contribution >= 4 is 5.91 Å². The van der Waals surface area contributed by atoms with Gasteiger partial charge in [-0.15, -0.1) is 10.2 Å². The number of hydrogen-bond acceptors (Lipinski definition) is 4.